The van der Waals surface area contributed by atoms with E-state index in [9.17, 15) is 5.26 Å². The third-order valence-corrected chi connectivity index (χ3v) is 4.06. The van der Waals surface area contributed by atoms with E-state index in [4.69, 9.17) is 0 Å². The minimum atomic E-state index is -0.189. The zero-order valence-corrected chi connectivity index (χ0v) is 12.1. The van der Waals surface area contributed by atoms with Gasteiger partial charge >= 0.3 is 0 Å². The fraction of sp³-hybridized carbons (Fsp3) is 0.533. The van der Waals surface area contributed by atoms with Crippen LogP contribution in [0.4, 0.5) is 0 Å². The normalized spacial score (nSPS) is 18.9. The van der Waals surface area contributed by atoms with Crippen LogP contribution in [-0.2, 0) is 0 Å². The largest absolute Gasteiger partial charge is 0.295 e. The number of nitrogens with zero attached hydrogens (tertiary/aromatic N) is 1. The van der Waals surface area contributed by atoms with Gasteiger partial charge in [-0.15, -0.1) is 0 Å². The van der Waals surface area contributed by atoms with E-state index in [1.807, 2.05) is 24.3 Å². The van der Waals surface area contributed by atoms with E-state index in [-0.39, 0.29) is 6.04 Å². The summed E-state index contributed by atoms with van der Waals surface area (Å²) in [5.41, 5.74) is 1.05. The Bertz CT molecular complexity index is 417. The number of halogens is 1. The van der Waals surface area contributed by atoms with Gasteiger partial charge in [0.1, 0.15) is 6.04 Å². The molecule has 0 saturated heterocycles. The number of rotatable bonds is 3. The molecule has 1 aliphatic carbocycles. The first-order valence-electron chi connectivity index (χ1n) is 6.71. The van der Waals surface area contributed by atoms with E-state index in [1.54, 1.807) is 0 Å². The Morgan fingerprint density at radius 1 is 1.22 bits per heavy atom. The van der Waals surface area contributed by atoms with Crippen molar-refractivity contribution in [2.24, 2.45) is 0 Å². The Labute approximate surface area is 118 Å². The molecular weight excluding hydrogens is 288 g/mol. The quantitative estimate of drug-likeness (QED) is 0.844. The third kappa shape index (κ3) is 3.83. The van der Waals surface area contributed by atoms with Gasteiger partial charge in [0, 0.05) is 10.5 Å². The predicted molar refractivity (Wildman–Crippen MR) is 77.1 cm³/mol. The molecule has 1 aliphatic rings. The molecule has 2 nitrogen and oxygen atoms in total. The van der Waals surface area contributed by atoms with Crippen molar-refractivity contribution in [1.82, 2.24) is 5.32 Å². The van der Waals surface area contributed by atoms with Crippen molar-refractivity contribution >= 4 is 15.9 Å². The molecule has 0 heterocycles. The molecule has 0 spiro atoms. The molecule has 0 bridgehead atoms. The zero-order valence-electron chi connectivity index (χ0n) is 10.5. The van der Waals surface area contributed by atoms with Crippen LogP contribution in [0.5, 0.6) is 0 Å². The van der Waals surface area contributed by atoms with E-state index >= 15 is 0 Å². The summed E-state index contributed by atoms with van der Waals surface area (Å²) in [5, 5.41) is 12.9. The molecule has 1 N–H and O–H groups in total. The molecule has 1 aromatic rings. The van der Waals surface area contributed by atoms with Crippen molar-refractivity contribution in [2.75, 3.05) is 0 Å². The Morgan fingerprint density at radius 3 is 2.56 bits per heavy atom. The van der Waals surface area contributed by atoms with Crippen molar-refractivity contribution in [1.29, 1.82) is 5.26 Å². The lowest BCUT2D eigenvalue weighted by Crippen LogP contribution is -2.31. The van der Waals surface area contributed by atoms with Crippen LogP contribution in [0.1, 0.15) is 50.1 Å². The van der Waals surface area contributed by atoms with Crippen LogP contribution in [0.25, 0.3) is 0 Å². The first-order chi connectivity index (χ1) is 8.79. The highest BCUT2D eigenvalue weighted by Gasteiger charge is 2.18. The lowest BCUT2D eigenvalue weighted by atomic mass is 10.0. The van der Waals surface area contributed by atoms with Crippen LogP contribution in [0.3, 0.4) is 0 Å². The topological polar surface area (TPSA) is 35.8 Å². The molecule has 3 heteroatoms. The predicted octanol–water partition coefficient (Wildman–Crippen LogP) is 4.33. The molecule has 2 rings (SSSR count). The van der Waals surface area contributed by atoms with Gasteiger partial charge in [-0.1, -0.05) is 53.7 Å². The van der Waals surface area contributed by atoms with Gasteiger partial charge in [0.15, 0.2) is 0 Å². The fourth-order valence-electron chi connectivity index (χ4n) is 2.58. The van der Waals surface area contributed by atoms with Crippen LogP contribution >= 0.6 is 15.9 Å². The number of nitriles is 1. The van der Waals surface area contributed by atoms with Crippen LogP contribution < -0.4 is 5.32 Å². The van der Waals surface area contributed by atoms with Gasteiger partial charge in [0.2, 0.25) is 0 Å². The summed E-state index contributed by atoms with van der Waals surface area (Å²) in [6.45, 7) is 0. The van der Waals surface area contributed by atoms with Gasteiger partial charge in [-0.3, -0.25) is 5.32 Å². The summed E-state index contributed by atoms with van der Waals surface area (Å²) >= 11 is 3.46. The summed E-state index contributed by atoms with van der Waals surface area (Å²) in [4.78, 5) is 0. The summed E-state index contributed by atoms with van der Waals surface area (Å²) in [7, 11) is 0. The van der Waals surface area contributed by atoms with Crippen molar-refractivity contribution in [2.45, 2.75) is 50.6 Å². The average Bonchev–Trinajstić information content (AvgIpc) is 2.64. The Kier molecular flexibility index (Phi) is 5.22. The van der Waals surface area contributed by atoms with E-state index in [0.717, 1.165) is 10.0 Å². The summed E-state index contributed by atoms with van der Waals surface area (Å²) in [5.74, 6) is 0. The second kappa shape index (κ2) is 6.92. The second-order valence-electron chi connectivity index (χ2n) is 4.97. The molecule has 0 aromatic heterocycles. The van der Waals surface area contributed by atoms with Crippen LogP contribution in [0.2, 0.25) is 0 Å². The highest BCUT2D eigenvalue weighted by Crippen LogP contribution is 2.22. The maximum Gasteiger partial charge on any atom is 0.121 e. The minimum Gasteiger partial charge on any atom is -0.295 e. The van der Waals surface area contributed by atoms with Gasteiger partial charge in [0.05, 0.1) is 6.07 Å². The smallest absolute Gasteiger partial charge is 0.121 e. The molecular formula is C15H19BrN2. The molecule has 1 unspecified atom stereocenters. The molecule has 1 fully saturated rings. The molecule has 1 atom stereocenters. The molecule has 96 valence electrons. The number of hydrogen-bond acceptors (Lipinski definition) is 2. The van der Waals surface area contributed by atoms with Crippen molar-refractivity contribution in [3.8, 4) is 6.07 Å². The van der Waals surface area contributed by atoms with Gasteiger partial charge in [-0.05, 0) is 30.5 Å². The summed E-state index contributed by atoms with van der Waals surface area (Å²) in [6.07, 6.45) is 7.65. The van der Waals surface area contributed by atoms with Gasteiger partial charge in [-0.25, -0.2) is 0 Å². The molecule has 0 amide bonds. The van der Waals surface area contributed by atoms with Crippen molar-refractivity contribution in [3.63, 3.8) is 0 Å². The number of hydrogen-bond donors (Lipinski definition) is 1. The molecule has 0 aliphatic heterocycles. The van der Waals surface area contributed by atoms with Crippen LogP contribution in [0, 0.1) is 11.3 Å². The molecule has 0 radical (unpaired) electrons. The van der Waals surface area contributed by atoms with Crippen molar-refractivity contribution in [3.05, 3.63) is 34.3 Å². The SMILES string of the molecule is N#CC(NC1CCCCCC1)c1cccc(Br)c1. The number of nitrogens with one attached hydrogen (secondary N) is 1. The third-order valence-electron chi connectivity index (χ3n) is 3.57. The lowest BCUT2D eigenvalue weighted by molar-refractivity contribution is 0.436. The highest BCUT2D eigenvalue weighted by atomic mass is 79.9. The maximum absolute atomic E-state index is 9.34. The standard InChI is InChI=1S/C15H19BrN2/c16-13-7-5-6-12(10-13)15(11-17)18-14-8-3-1-2-4-9-14/h5-7,10,14-15,18H,1-4,8-9H2. The van der Waals surface area contributed by atoms with E-state index in [2.05, 4.69) is 27.3 Å². The lowest BCUT2D eigenvalue weighted by Gasteiger charge is -2.20. The summed E-state index contributed by atoms with van der Waals surface area (Å²) < 4.78 is 1.03. The minimum absolute atomic E-state index is 0.189. The first kappa shape index (κ1) is 13.6. The van der Waals surface area contributed by atoms with E-state index in [1.165, 1.54) is 38.5 Å². The van der Waals surface area contributed by atoms with Crippen LogP contribution in [-0.4, -0.2) is 6.04 Å². The monoisotopic (exact) mass is 306 g/mol. The maximum atomic E-state index is 9.34. The zero-order chi connectivity index (χ0) is 12.8. The summed E-state index contributed by atoms with van der Waals surface area (Å²) in [6, 6.07) is 10.7. The highest BCUT2D eigenvalue weighted by molar-refractivity contribution is 9.10. The van der Waals surface area contributed by atoms with Gasteiger partial charge in [0.25, 0.3) is 0 Å². The van der Waals surface area contributed by atoms with Gasteiger partial charge in [-0.2, -0.15) is 5.26 Å². The van der Waals surface area contributed by atoms with Gasteiger partial charge < -0.3 is 0 Å². The molecule has 1 aromatic carbocycles. The Hall–Kier alpha value is -0.850. The van der Waals surface area contributed by atoms with E-state index < -0.39 is 0 Å². The second-order valence-corrected chi connectivity index (χ2v) is 5.89. The first-order valence-corrected chi connectivity index (χ1v) is 7.50. The average molecular weight is 307 g/mol. The van der Waals surface area contributed by atoms with Crippen molar-refractivity contribution < 1.29 is 0 Å². The Balaban J connectivity index is 2.02. The van der Waals surface area contributed by atoms with E-state index in [0.29, 0.717) is 6.04 Å². The molecule has 1 saturated carbocycles. The Morgan fingerprint density at radius 2 is 1.94 bits per heavy atom. The molecule has 18 heavy (non-hydrogen) atoms. The van der Waals surface area contributed by atoms with Crippen LogP contribution in [0.15, 0.2) is 28.7 Å². The number of benzene rings is 1. The fourth-order valence-corrected chi connectivity index (χ4v) is 2.99.